The quantitative estimate of drug-likeness (QED) is 0.789. The Morgan fingerprint density at radius 2 is 1.86 bits per heavy atom. The lowest BCUT2D eigenvalue weighted by atomic mass is 10.0. The number of carbonyl (C=O) groups is 1. The van der Waals surface area contributed by atoms with Crippen LogP contribution in [0.25, 0.3) is 0 Å². The highest BCUT2D eigenvalue weighted by Gasteiger charge is 2.45. The minimum absolute atomic E-state index is 0.428. The van der Waals surface area contributed by atoms with E-state index in [0.717, 1.165) is 11.8 Å². The summed E-state index contributed by atoms with van der Waals surface area (Å²) in [5, 5.41) is 23.9. The maximum Gasteiger partial charge on any atom is 0.257 e. The van der Waals surface area contributed by atoms with Gasteiger partial charge in [-0.3, -0.25) is 4.79 Å². The maximum atomic E-state index is 12.1. The van der Waals surface area contributed by atoms with Crippen molar-refractivity contribution < 1.29 is 19.7 Å². The summed E-state index contributed by atoms with van der Waals surface area (Å²) in [4.78, 5) is 11.0. The van der Waals surface area contributed by atoms with Gasteiger partial charge in [0.25, 0.3) is 5.91 Å². The summed E-state index contributed by atoms with van der Waals surface area (Å²) in [5.41, 5.74) is 0.999. The number of hydrogen-bond donors (Lipinski definition) is 3. The smallest absolute Gasteiger partial charge is 0.257 e. The first-order valence-corrected chi connectivity index (χ1v) is 7.50. The predicted molar refractivity (Wildman–Crippen MR) is 83.8 cm³/mol. The molecule has 22 heavy (non-hydrogen) atoms. The van der Waals surface area contributed by atoms with Crippen molar-refractivity contribution in [2.24, 2.45) is 0 Å². The molecule has 3 rings (SSSR count). The number of aliphatic hydroxyl groups excluding tert-OH is 1. The molecule has 2 aromatic rings. The van der Waals surface area contributed by atoms with E-state index in [9.17, 15) is 15.0 Å². The van der Waals surface area contributed by atoms with E-state index in [0.29, 0.717) is 21.9 Å². The van der Waals surface area contributed by atoms with Crippen molar-refractivity contribution in [3.05, 3.63) is 54.1 Å². The molecule has 2 unspecified atom stereocenters. The number of carbonyl (C=O) groups excluding carboxylic acids is 1. The molecule has 1 aliphatic rings. The summed E-state index contributed by atoms with van der Waals surface area (Å²) in [6.45, 7) is 0. The van der Waals surface area contributed by atoms with Crippen LogP contribution in [-0.4, -0.2) is 29.3 Å². The summed E-state index contributed by atoms with van der Waals surface area (Å²) in [6, 6.07) is 13.7. The lowest BCUT2D eigenvalue weighted by molar-refractivity contribution is -0.132. The van der Waals surface area contributed by atoms with Crippen molar-refractivity contribution in [2.45, 2.75) is 15.9 Å². The van der Waals surface area contributed by atoms with E-state index < -0.39 is 16.9 Å². The van der Waals surface area contributed by atoms with Crippen molar-refractivity contribution in [3.8, 4) is 5.75 Å². The Kier molecular flexibility index (Phi) is 3.82. The Morgan fingerprint density at radius 3 is 2.55 bits per heavy atom. The second-order valence-electron chi connectivity index (χ2n) is 4.91. The van der Waals surface area contributed by atoms with E-state index in [4.69, 9.17) is 4.74 Å². The maximum absolute atomic E-state index is 12.1. The van der Waals surface area contributed by atoms with E-state index in [2.05, 4.69) is 5.32 Å². The van der Waals surface area contributed by atoms with Crippen molar-refractivity contribution in [1.82, 2.24) is 0 Å². The fraction of sp³-hybridized carbons (Fsp3) is 0.188. The average Bonchev–Trinajstić information content (AvgIpc) is 2.64. The van der Waals surface area contributed by atoms with Crippen LogP contribution < -0.4 is 10.1 Å². The third kappa shape index (κ3) is 2.45. The molecule has 2 atom stereocenters. The molecule has 0 spiro atoms. The second-order valence-corrected chi connectivity index (χ2v) is 6.18. The van der Waals surface area contributed by atoms with Gasteiger partial charge >= 0.3 is 0 Å². The van der Waals surface area contributed by atoms with Crippen LogP contribution in [0.2, 0.25) is 0 Å². The molecule has 5 nitrogen and oxygen atoms in total. The summed E-state index contributed by atoms with van der Waals surface area (Å²) in [7, 11) is 1.54. The highest BCUT2D eigenvalue weighted by Crippen LogP contribution is 2.47. The highest BCUT2D eigenvalue weighted by atomic mass is 32.2. The van der Waals surface area contributed by atoms with Crippen LogP contribution >= 0.6 is 11.8 Å². The Hall–Kier alpha value is -2.02. The zero-order chi connectivity index (χ0) is 15.7. The number of ether oxygens (including phenoxy) is 1. The molecule has 1 amide bonds. The highest BCUT2D eigenvalue weighted by molar-refractivity contribution is 8.00. The fourth-order valence-electron chi connectivity index (χ4n) is 2.31. The molecule has 1 heterocycles. The van der Waals surface area contributed by atoms with Crippen LogP contribution in [-0.2, 0) is 9.73 Å². The molecule has 2 aromatic carbocycles. The standard InChI is InChI=1S/C16H15NO4S/c1-21-11-8-6-10(7-9-11)16(20)14(18)15(19)17-12-4-2-3-5-13(12)22-16/h2-9,14,18,20H,1H3,(H,17,19). The van der Waals surface area contributed by atoms with Gasteiger partial charge < -0.3 is 20.3 Å². The average molecular weight is 317 g/mol. The van der Waals surface area contributed by atoms with Crippen molar-refractivity contribution in [2.75, 3.05) is 12.4 Å². The van der Waals surface area contributed by atoms with E-state index in [1.165, 1.54) is 0 Å². The van der Waals surface area contributed by atoms with Crippen LogP contribution in [0.1, 0.15) is 5.56 Å². The molecule has 6 heteroatoms. The summed E-state index contributed by atoms with van der Waals surface area (Å²) in [6.07, 6.45) is -1.60. The molecule has 1 aliphatic heterocycles. The third-order valence-corrected chi connectivity index (χ3v) is 4.88. The number of para-hydroxylation sites is 1. The van der Waals surface area contributed by atoms with Gasteiger partial charge in [0, 0.05) is 4.90 Å². The zero-order valence-electron chi connectivity index (χ0n) is 11.8. The van der Waals surface area contributed by atoms with E-state index in [1.54, 1.807) is 49.6 Å². The van der Waals surface area contributed by atoms with E-state index in [-0.39, 0.29) is 0 Å². The van der Waals surface area contributed by atoms with Gasteiger partial charge in [0.15, 0.2) is 11.0 Å². The van der Waals surface area contributed by atoms with Gasteiger partial charge in [-0.05, 0) is 29.8 Å². The Balaban J connectivity index is 2.07. The SMILES string of the molecule is COc1ccc(C2(O)Sc3ccccc3NC(=O)C2O)cc1. The molecular formula is C16H15NO4S. The van der Waals surface area contributed by atoms with Crippen LogP contribution in [0, 0.1) is 0 Å². The van der Waals surface area contributed by atoms with Gasteiger partial charge in [-0.25, -0.2) is 0 Å². The van der Waals surface area contributed by atoms with E-state index in [1.807, 2.05) is 6.07 Å². The molecule has 3 N–H and O–H groups in total. The molecule has 0 aliphatic carbocycles. The lowest BCUT2D eigenvalue weighted by Gasteiger charge is -2.29. The predicted octanol–water partition coefficient (Wildman–Crippen LogP) is 1.95. The molecule has 0 saturated heterocycles. The number of anilines is 1. The largest absolute Gasteiger partial charge is 0.497 e. The normalized spacial score (nSPS) is 24.1. The van der Waals surface area contributed by atoms with Crippen LogP contribution in [0.15, 0.2) is 53.4 Å². The van der Waals surface area contributed by atoms with Gasteiger partial charge in [0.2, 0.25) is 0 Å². The molecule has 0 fully saturated rings. The Labute approximate surface area is 131 Å². The fourth-order valence-corrected chi connectivity index (χ4v) is 3.49. The summed E-state index contributed by atoms with van der Waals surface area (Å²) in [5.74, 6) is -0.0129. The minimum atomic E-state index is -1.77. The number of hydrogen-bond acceptors (Lipinski definition) is 5. The summed E-state index contributed by atoms with van der Waals surface area (Å²) < 4.78 is 5.09. The zero-order valence-corrected chi connectivity index (χ0v) is 12.6. The number of rotatable bonds is 2. The van der Waals surface area contributed by atoms with Crippen molar-refractivity contribution >= 4 is 23.4 Å². The minimum Gasteiger partial charge on any atom is -0.497 e. The van der Waals surface area contributed by atoms with Crippen LogP contribution in [0.4, 0.5) is 5.69 Å². The monoisotopic (exact) mass is 317 g/mol. The number of nitrogens with one attached hydrogen (secondary N) is 1. The Morgan fingerprint density at radius 1 is 1.18 bits per heavy atom. The van der Waals surface area contributed by atoms with Gasteiger partial charge in [0.05, 0.1) is 12.8 Å². The first-order chi connectivity index (χ1) is 10.5. The lowest BCUT2D eigenvalue weighted by Crippen LogP contribution is -2.43. The molecular weight excluding hydrogens is 302 g/mol. The number of benzene rings is 2. The topological polar surface area (TPSA) is 78.8 Å². The number of aliphatic hydroxyl groups is 2. The Bertz CT molecular complexity index is 704. The molecule has 0 saturated carbocycles. The van der Waals surface area contributed by atoms with E-state index >= 15 is 0 Å². The van der Waals surface area contributed by atoms with Crippen LogP contribution in [0.3, 0.4) is 0 Å². The molecule has 0 aromatic heterocycles. The summed E-state index contributed by atoms with van der Waals surface area (Å²) >= 11 is 1.04. The number of thioether (sulfide) groups is 1. The number of methoxy groups -OCH3 is 1. The molecule has 0 radical (unpaired) electrons. The van der Waals surface area contributed by atoms with Gasteiger partial charge in [-0.1, -0.05) is 36.0 Å². The van der Waals surface area contributed by atoms with Crippen molar-refractivity contribution in [3.63, 3.8) is 0 Å². The molecule has 0 bridgehead atoms. The third-order valence-electron chi connectivity index (χ3n) is 3.53. The first-order valence-electron chi connectivity index (χ1n) is 6.68. The van der Waals surface area contributed by atoms with Gasteiger partial charge in [-0.2, -0.15) is 0 Å². The second kappa shape index (κ2) is 5.64. The van der Waals surface area contributed by atoms with Crippen molar-refractivity contribution in [1.29, 1.82) is 0 Å². The first kappa shape index (κ1) is 14.9. The number of amides is 1. The number of fused-ring (bicyclic) bond motifs is 1. The van der Waals surface area contributed by atoms with Gasteiger partial charge in [-0.15, -0.1) is 0 Å². The van der Waals surface area contributed by atoms with Gasteiger partial charge in [0.1, 0.15) is 5.75 Å². The van der Waals surface area contributed by atoms with Crippen LogP contribution in [0.5, 0.6) is 5.75 Å². The molecule has 114 valence electrons.